The molecule has 0 aromatic heterocycles. The van der Waals surface area contributed by atoms with Crippen molar-refractivity contribution < 1.29 is 24.0 Å². The Bertz CT molecular complexity index is 787. The average molecular weight is 316 g/mol. The van der Waals surface area contributed by atoms with Crippen molar-refractivity contribution >= 4 is 17.6 Å². The maximum Gasteiger partial charge on any atom is 0.341 e. The van der Waals surface area contributed by atoms with Gasteiger partial charge < -0.3 is 15.2 Å². The summed E-state index contributed by atoms with van der Waals surface area (Å²) in [5, 5.41) is 11.1. The zero-order valence-corrected chi connectivity index (χ0v) is 12.0. The Balaban J connectivity index is 2.47. The molecule has 118 valence electrons. The zero-order valence-electron chi connectivity index (χ0n) is 12.0. The summed E-state index contributed by atoms with van der Waals surface area (Å²) in [5.74, 6) is -1.47. The van der Waals surface area contributed by atoms with E-state index in [4.69, 9.17) is 10.5 Å². The van der Waals surface area contributed by atoms with Crippen molar-refractivity contribution in [2.75, 3.05) is 7.11 Å². The molecule has 0 bridgehead atoms. The molecule has 0 fully saturated rings. The van der Waals surface area contributed by atoms with Crippen LogP contribution < -0.4 is 10.5 Å². The molecule has 0 saturated carbocycles. The molecule has 1 amide bonds. The summed E-state index contributed by atoms with van der Waals surface area (Å²) in [4.78, 5) is 33.3. The molecule has 0 aliphatic heterocycles. The van der Waals surface area contributed by atoms with E-state index in [9.17, 15) is 19.7 Å². The molecular formula is C15H12N2O6. The summed E-state index contributed by atoms with van der Waals surface area (Å²) in [6, 6.07) is 9.69. The number of nitrogens with zero attached hydrogens (tertiary/aromatic N) is 1. The zero-order chi connectivity index (χ0) is 17.0. The van der Waals surface area contributed by atoms with Crippen LogP contribution in [0.3, 0.4) is 0 Å². The lowest BCUT2D eigenvalue weighted by Gasteiger charge is -2.10. The third kappa shape index (κ3) is 3.43. The minimum absolute atomic E-state index is 0.0229. The quantitative estimate of drug-likeness (QED) is 0.513. The highest BCUT2D eigenvalue weighted by Gasteiger charge is 2.21. The van der Waals surface area contributed by atoms with Crippen LogP contribution in [0.1, 0.15) is 20.7 Å². The predicted octanol–water partition coefficient (Wildman–Crippen LogP) is 2.27. The van der Waals surface area contributed by atoms with E-state index in [1.165, 1.54) is 31.4 Å². The highest BCUT2D eigenvalue weighted by atomic mass is 16.6. The number of para-hydroxylation sites is 1. The molecule has 0 radical (unpaired) electrons. The number of amides is 1. The molecule has 0 heterocycles. The number of nitro benzene ring substituents is 1. The standard InChI is InChI=1S/C15H12N2O6/c1-22-15(19)10-4-2-3-5-12(10)23-13-7-6-9(14(16)18)8-11(13)17(20)21/h2-8H,1H3,(H2,16,18). The third-order valence-corrected chi connectivity index (χ3v) is 2.95. The molecule has 2 aromatic carbocycles. The maximum atomic E-state index is 11.7. The Morgan fingerprint density at radius 3 is 2.43 bits per heavy atom. The Morgan fingerprint density at radius 1 is 1.13 bits per heavy atom. The fraction of sp³-hybridized carbons (Fsp3) is 0.0667. The molecule has 0 spiro atoms. The van der Waals surface area contributed by atoms with Gasteiger partial charge in [0, 0.05) is 11.6 Å². The first kappa shape index (κ1) is 16.0. The molecule has 23 heavy (non-hydrogen) atoms. The number of ether oxygens (including phenoxy) is 2. The Kier molecular flexibility index (Phi) is 4.55. The lowest BCUT2D eigenvalue weighted by Crippen LogP contribution is -2.11. The SMILES string of the molecule is COC(=O)c1ccccc1Oc1ccc(C(N)=O)cc1[N+](=O)[O-]. The number of nitrogens with two attached hydrogens (primary N) is 1. The van der Waals surface area contributed by atoms with Crippen molar-refractivity contribution in [3.05, 3.63) is 63.7 Å². The van der Waals surface area contributed by atoms with Crippen LogP contribution in [-0.2, 0) is 4.74 Å². The minimum atomic E-state index is -0.797. The number of hydrogen-bond acceptors (Lipinski definition) is 6. The summed E-state index contributed by atoms with van der Waals surface area (Å²) >= 11 is 0. The number of nitro groups is 1. The van der Waals surface area contributed by atoms with Crippen LogP contribution in [0, 0.1) is 10.1 Å². The van der Waals surface area contributed by atoms with E-state index in [1.807, 2.05) is 0 Å². The first-order valence-electron chi connectivity index (χ1n) is 6.37. The van der Waals surface area contributed by atoms with Gasteiger partial charge in [-0.15, -0.1) is 0 Å². The van der Waals surface area contributed by atoms with E-state index in [0.717, 1.165) is 6.07 Å². The number of rotatable bonds is 5. The smallest absolute Gasteiger partial charge is 0.341 e. The van der Waals surface area contributed by atoms with Crippen molar-refractivity contribution in [3.8, 4) is 11.5 Å². The second-order valence-corrected chi connectivity index (χ2v) is 4.39. The van der Waals surface area contributed by atoms with Gasteiger partial charge in [-0.2, -0.15) is 0 Å². The monoisotopic (exact) mass is 316 g/mol. The van der Waals surface area contributed by atoms with E-state index in [2.05, 4.69) is 4.74 Å². The molecule has 8 heteroatoms. The fourth-order valence-electron chi connectivity index (χ4n) is 1.85. The van der Waals surface area contributed by atoms with Crippen molar-refractivity contribution in [1.29, 1.82) is 0 Å². The molecule has 0 atom stereocenters. The van der Waals surface area contributed by atoms with Crippen molar-refractivity contribution in [3.63, 3.8) is 0 Å². The topological polar surface area (TPSA) is 122 Å². The molecular weight excluding hydrogens is 304 g/mol. The summed E-state index contributed by atoms with van der Waals surface area (Å²) in [6.07, 6.45) is 0. The summed E-state index contributed by atoms with van der Waals surface area (Å²) in [5.41, 5.74) is 4.75. The number of hydrogen-bond donors (Lipinski definition) is 1. The minimum Gasteiger partial charge on any atom is -0.465 e. The van der Waals surface area contributed by atoms with Gasteiger partial charge in [0.1, 0.15) is 11.3 Å². The van der Waals surface area contributed by atoms with Gasteiger partial charge in [-0.25, -0.2) is 4.79 Å². The normalized spacial score (nSPS) is 9.96. The van der Waals surface area contributed by atoms with Gasteiger partial charge in [0.2, 0.25) is 11.7 Å². The molecule has 0 aliphatic rings. The fourth-order valence-corrected chi connectivity index (χ4v) is 1.85. The second kappa shape index (κ2) is 6.56. The van der Waals surface area contributed by atoms with E-state index in [1.54, 1.807) is 12.1 Å². The van der Waals surface area contributed by atoms with Gasteiger partial charge in [0.25, 0.3) is 0 Å². The van der Waals surface area contributed by atoms with E-state index < -0.39 is 22.5 Å². The van der Waals surface area contributed by atoms with E-state index in [-0.39, 0.29) is 22.6 Å². The number of esters is 1. The van der Waals surface area contributed by atoms with Gasteiger partial charge in [0.05, 0.1) is 12.0 Å². The lowest BCUT2D eigenvalue weighted by molar-refractivity contribution is -0.385. The lowest BCUT2D eigenvalue weighted by atomic mass is 10.1. The average Bonchev–Trinajstić information content (AvgIpc) is 2.54. The predicted molar refractivity (Wildman–Crippen MR) is 79.5 cm³/mol. The third-order valence-electron chi connectivity index (χ3n) is 2.95. The van der Waals surface area contributed by atoms with Crippen LogP contribution >= 0.6 is 0 Å². The summed E-state index contributed by atoms with van der Waals surface area (Å²) in [6.45, 7) is 0. The molecule has 2 rings (SSSR count). The van der Waals surface area contributed by atoms with Gasteiger partial charge in [-0.3, -0.25) is 14.9 Å². The van der Waals surface area contributed by atoms with Crippen LogP contribution in [0.2, 0.25) is 0 Å². The van der Waals surface area contributed by atoms with E-state index in [0.29, 0.717) is 0 Å². The van der Waals surface area contributed by atoms with Crippen molar-refractivity contribution in [1.82, 2.24) is 0 Å². The highest BCUT2D eigenvalue weighted by Crippen LogP contribution is 2.33. The number of benzene rings is 2. The largest absolute Gasteiger partial charge is 0.465 e. The summed E-state index contributed by atoms with van der Waals surface area (Å²) < 4.78 is 10.1. The molecule has 0 aliphatic carbocycles. The first-order valence-corrected chi connectivity index (χ1v) is 6.37. The van der Waals surface area contributed by atoms with Crippen LogP contribution in [0.15, 0.2) is 42.5 Å². The van der Waals surface area contributed by atoms with E-state index >= 15 is 0 Å². The molecule has 2 aromatic rings. The molecule has 2 N–H and O–H groups in total. The maximum absolute atomic E-state index is 11.7. The highest BCUT2D eigenvalue weighted by molar-refractivity contribution is 5.94. The summed E-state index contributed by atoms with van der Waals surface area (Å²) in [7, 11) is 1.21. The Labute approximate surface area is 130 Å². The van der Waals surface area contributed by atoms with Crippen LogP contribution in [0.4, 0.5) is 5.69 Å². The molecule has 0 saturated heterocycles. The molecule has 8 nitrogen and oxygen atoms in total. The van der Waals surface area contributed by atoms with Crippen LogP contribution in [0.5, 0.6) is 11.5 Å². The van der Waals surface area contributed by atoms with Gasteiger partial charge in [0.15, 0.2) is 0 Å². The van der Waals surface area contributed by atoms with Gasteiger partial charge in [-0.1, -0.05) is 12.1 Å². The molecule has 0 unspecified atom stereocenters. The van der Waals surface area contributed by atoms with Crippen molar-refractivity contribution in [2.45, 2.75) is 0 Å². The first-order chi connectivity index (χ1) is 10.9. The van der Waals surface area contributed by atoms with Crippen LogP contribution in [0.25, 0.3) is 0 Å². The number of methoxy groups -OCH3 is 1. The van der Waals surface area contributed by atoms with Crippen LogP contribution in [-0.4, -0.2) is 23.9 Å². The number of carbonyl (C=O) groups excluding carboxylic acids is 2. The second-order valence-electron chi connectivity index (χ2n) is 4.39. The number of primary amides is 1. The Hall–Kier alpha value is -3.42. The number of carbonyl (C=O) groups is 2. The Morgan fingerprint density at radius 2 is 1.83 bits per heavy atom. The van der Waals surface area contributed by atoms with Gasteiger partial charge in [-0.05, 0) is 24.3 Å². The van der Waals surface area contributed by atoms with Crippen molar-refractivity contribution in [2.24, 2.45) is 5.73 Å². The van der Waals surface area contributed by atoms with Gasteiger partial charge >= 0.3 is 11.7 Å².